The van der Waals surface area contributed by atoms with E-state index < -0.39 is 0 Å². The highest BCUT2D eigenvalue weighted by molar-refractivity contribution is 5.72. The van der Waals surface area contributed by atoms with E-state index in [9.17, 15) is 4.79 Å². The zero-order valence-electron chi connectivity index (χ0n) is 12.8. The standard InChI is InChI=1S/C16H28O2/c1-7-11(2)13(17)18-16(6)14(3,4)12-8-9-15(16,5)10-12/h11-12H,7-10H2,1-6H3. The van der Waals surface area contributed by atoms with Gasteiger partial charge in [-0.15, -0.1) is 0 Å². The maximum Gasteiger partial charge on any atom is 0.309 e. The fourth-order valence-electron chi connectivity index (χ4n) is 4.18. The SMILES string of the molecule is CCC(C)C(=O)OC1(C)C2(C)CCC(C2)C1(C)C. The van der Waals surface area contributed by atoms with Gasteiger partial charge < -0.3 is 4.74 Å². The summed E-state index contributed by atoms with van der Waals surface area (Å²) in [5.41, 5.74) is -0.0309. The molecule has 2 saturated carbocycles. The maximum atomic E-state index is 12.2. The normalized spacial score (nSPS) is 42.9. The van der Waals surface area contributed by atoms with Gasteiger partial charge in [0.25, 0.3) is 0 Å². The van der Waals surface area contributed by atoms with Crippen LogP contribution in [0.15, 0.2) is 0 Å². The quantitative estimate of drug-likeness (QED) is 0.704. The van der Waals surface area contributed by atoms with E-state index in [-0.39, 0.29) is 28.3 Å². The zero-order chi connectivity index (χ0) is 13.8. The van der Waals surface area contributed by atoms with Crippen LogP contribution in [-0.2, 0) is 9.53 Å². The van der Waals surface area contributed by atoms with Gasteiger partial charge in [0.2, 0.25) is 0 Å². The molecular weight excluding hydrogens is 224 g/mol. The van der Waals surface area contributed by atoms with E-state index in [1.165, 1.54) is 19.3 Å². The minimum absolute atomic E-state index is 0.0122. The number of carbonyl (C=O) groups is 1. The molecule has 0 N–H and O–H groups in total. The average Bonchev–Trinajstić information content (AvgIpc) is 2.76. The second kappa shape index (κ2) is 3.98. The molecule has 2 fully saturated rings. The Labute approximate surface area is 111 Å². The van der Waals surface area contributed by atoms with Crippen LogP contribution < -0.4 is 0 Å². The predicted octanol–water partition coefficient (Wildman–Crippen LogP) is 4.18. The molecule has 0 heterocycles. The maximum absolute atomic E-state index is 12.2. The van der Waals surface area contributed by atoms with E-state index >= 15 is 0 Å². The van der Waals surface area contributed by atoms with Crippen LogP contribution in [0.25, 0.3) is 0 Å². The minimum Gasteiger partial charge on any atom is -0.458 e. The van der Waals surface area contributed by atoms with E-state index in [1.807, 2.05) is 13.8 Å². The molecule has 0 saturated heterocycles. The summed E-state index contributed by atoms with van der Waals surface area (Å²) in [7, 11) is 0. The van der Waals surface area contributed by atoms with Crippen molar-refractivity contribution < 1.29 is 9.53 Å². The predicted molar refractivity (Wildman–Crippen MR) is 73.2 cm³/mol. The summed E-state index contributed by atoms with van der Waals surface area (Å²) in [6, 6.07) is 0. The molecule has 4 atom stereocenters. The summed E-state index contributed by atoms with van der Waals surface area (Å²) in [4.78, 5) is 12.2. The third-order valence-electron chi connectivity index (χ3n) is 6.46. The Hall–Kier alpha value is -0.530. The number of rotatable bonds is 3. The third-order valence-corrected chi connectivity index (χ3v) is 6.46. The van der Waals surface area contributed by atoms with Gasteiger partial charge in [-0.1, -0.05) is 34.6 Å². The number of hydrogen-bond acceptors (Lipinski definition) is 2. The van der Waals surface area contributed by atoms with Gasteiger partial charge in [0.05, 0.1) is 5.92 Å². The number of hydrogen-bond donors (Lipinski definition) is 0. The van der Waals surface area contributed by atoms with Crippen LogP contribution in [0.5, 0.6) is 0 Å². The molecule has 2 aliphatic rings. The van der Waals surface area contributed by atoms with Crippen molar-refractivity contribution in [3.8, 4) is 0 Å². The van der Waals surface area contributed by atoms with Gasteiger partial charge in [0.1, 0.15) is 5.60 Å². The van der Waals surface area contributed by atoms with Gasteiger partial charge in [-0.05, 0) is 38.5 Å². The molecule has 2 nitrogen and oxygen atoms in total. The van der Waals surface area contributed by atoms with Crippen LogP contribution in [0.3, 0.4) is 0 Å². The molecule has 4 unspecified atom stereocenters. The third kappa shape index (κ3) is 1.57. The van der Waals surface area contributed by atoms with E-state index in [0.717, 1.165) is 6.42 Å². The van der Waals surface area contributed by atoms with Crippen LogP contribution in [0, 0.1) is 22.7 Å². The van der Waals surface area contributed by atoms with Crippen molar-refractivity contribution in [1.82, 2.24) is 0 Å². The molecule has 0 amide bonds. The minimum atomic E-state index is -0.302. The van der Waals surface area contributed by atoms with E-state index in [4.69, 9.17) is 4.74 Å². The molecule has 2 rings (SSSR count). The Balaban J connectivity index is 2.27. The van der Waals surface area contributed by atoms with Gasteiger partial charge >= 0.3 is 5.97 Å². The topological polar surface area (TPSA) is 26.3 Å². The van der Waals surface area contributed by atoms with Crippen molar-refractivity contribution >= 4 is 5.97 Å². The number of carbonyl (C=O) groups excluding carboxylic acids is 1. The Morgan fingerprint density at radius 2 is 1.94 bits per heavy atom. The number of ether oxygens (including phenoxy) is 1. The second-order valence-electron chi connectivity index (χ2n) is 7.49. The summed E-state index contributed by atoms with van der Waals surface area (Å²) in [6.45, 7) is 13.1. The average molecular weight is 252 g/mol. The first-order valence-corrected chi connectivity index (χ1v) is 7.41. The first-order chi connectivity index (χ1) is 8.18. The van der Waals surface area contributed by atoms with Crippen LogP contribution in [-0.4, -0.2) is 11.6 Å². The molecule has 0 aromatic carbocycles. The first-order valence-electron chi connectivity index (χ1n) is 7.41. The smallest absolute Gasteiger partial charge is 0.309 e. The van der Waals surface area contributed by atoms with Gasteiger partial charge in [-0.25, -0.2) is 0 Å². The fourth-order valence-corrected chi connectivity index (χ4v) is 4.18. The van der Waals surface area contributed by atoms with E-state index in [2.05, 4.69) is 27.7 Å². The molecular formula is C16H28O2. The lowest BCUT2D eigenvalue weighted by Gasteiger charge is -2.51. The molecule has 0 aliphatic heterocycles. The molecule has 104 valence electrons. The summed E-state index contributed by atoms with van der Waals surface area (Å²) in [5, 5.41) is 0. The Morgan fingerprint density at radius 3 is 2.39 bits per heavy atom. The van der Waals surface area contributed by atoms with Crippen molar-refractivity contribution in [1.29, 1.82) is 0 Å². The number of esters is 1. The summed E-state index contributed by atoms with van der Waals surface area (Å²) >= 11 is 0. The molecule has 0 spiro atoms. The van der Waals surface area contributed by atoms with Gasteiger partial charge in [0, 0.05) is 10.8 Å². The number of fused-ring (bicyclic) bond motifs is 2. The van der Waals surface area contributed by atoms with Gasteiger partial charge in [-0.2, -0.15) is 0 Å². The Morgan fingerprint density at radius 1 is 1.33 bits per heavy atom. The molecule has 0 radical (unpaired) electrons. The van der Waals surface area contributed by atoms with Crippen LogP contribution in [0.4, 0.5) is 0 Å². The van der Waals surface area contributed by atoms with Crippen molar-refractivity contribution in [3.05, 3.63) is 0 Å². The summed E-state index contributed by atoms with van der Waals surface area (Å²) < 4.78 is 6.06. The van der Waals surface area contributed by atoms with Crippen LogP contribution in [0.1, 0.15) is 67.2 Å². The molecule has 0 aromatic rings. The molecule has 2 bridgehead atoms. The van der Waals surface area contributed by atoms with Crippen LogP contribution >= 0.6 is 0 Å². The highest BCUT2D eigenvalue weighted by atomic mass is 16.6. The largest absolute Gasteiger partial charge is 0.458 e. The van der Waals surface area contributed by atoms with Crippen molar-refractivity contribution in [2.75, 3.05) is 0 Å². The molecule has 0 aromatic heterocycles. The Kier molecular flexibility index (Phi) is 3.07. The summed E-state index contributed by atoms with van der Waals surface area (Å²) in [6.07, 6.45) is 4.56. The highest BCUT2D eigenvalue weighted by Crippen LogP contribution is 2.69. The van der Waals surface area contributed by atoms with E-state index in [1.54, 1.807) is 0 Å². The summed E-state index contributed by atoms with van der Waals surface area (Å²) in [5.74, 6) is 0.708. The Bertz CT molecular complexity index is 353. The lowest BCUT2D eigenvalue weighted by molar-refractivity contribution is -0.197. The first kappa shape index (κ1) is 13.9. The monoisotopic (exact) mass is 252 g/mol. The second-order valence-corrected chi connectivity index (χ2v) is 7.49. The lowest BCUT2D eigenvalue weighted by Crippen LogP contribution is -2.55. The van der Waals surface area contributed by atoms with E-state index in [0.29, 0.717) is 5.92 Å². The highest BCUT2D eigenvalue weighted by Gasteiger charge is 2.68. The zero-order valence-corrected chi connectivity index (χ0v) is 12.8. The van der Waals surface area contributed by atoms with Crippen molar-refractivity contribution in [2.24, 2.45) is 22.7 Å². The lowest BCUT2D eigenvalue weighted by atomic mass is 9.61. The molecule has 2 aliphatic carbocycles. The van der Waals surface area contributed by atoms with Gasteiger partial charge in [-0.3, -0.25) is 4.79 Å². The van der Waals surface area contributed by atoms with Crippen molar-refractivity contribution in [2.45, 2.75) is 72.8 Å². The molecule has 2 heteroatoms. The van der Waals surface area contributed by atoms with Crippen LogP contribution in [0.2, 0.25) is 0 Å². The molecule has 18 heavy (non-hydrogen) atoms. The van der Waals surface area contributed by atoms with Crippen molar-refractivity contribution in [3.63, 3.8) is 0 Å². The van der Waals surface area contributed by atoms with Gasteiger partial charge in [0.15, 0.2) is 0 Å². The fraction of sp³-hybridized carbons (Fsp3) is 0.938.